The monoisotopic (exact) mass is 334 g/mol. The lowest BCUT2D eigenvalue weighted by molar-refractivity contribution is 0.0955. The maximum Gasteiger partial charge on any atom is 0.272 e. The molecule has 3 nitrogen and oxygen atoms in total. The number of nitrogens with zero attached hydrogens (tertiary/aromatic N) is 1. The number of benzene rings is 2. The molecule has 2 aromatic rings. The third-order valence-electron chi connectivity index (χ3n) is 3.27. The van der Waals surface area contributed by atoms with E-state index in [1.165, 1.54) is 11.6 Å². The molecule has 0 fully saturated rings. The van der Waals surface area contributed by atoms with Gasteiger partial charge in [0.1, 0.15) is 0 Å². The number of hydrazone groups is 1. The first-order chi connectivity index (χ1) is 10.4. The molecule has 0 heterocycles. The first kappa shape index (κ1) is 16.5. The zero-order valence-corrected chi connectivity index (χ0v) is 14.1. The maximum atomic E-state index is 12.0. The summed E-state index contributed by atoms with van der Waals surface area (Å²) in [5, 5.41) is 4.79. The molecule has 0 aliphatic rings. The van der Waals surface area contributed by atoms with Crippen LogP contribution in [0.1, 0.15) is 32.6 Å². The topological polar surface area (TPSA) is 41.5 Å². The fourth-order valence-corrected chi connectivity index (χ4v) is 2.78. The summed E-state index contributed by atoms with van der Waals surface area (Å²) in [5.41, 5.74) is 7.23. The van der Waals surface area contributed by atoms with Gasteiger partial charge in [-0.05, 0) is 50.1 Å². The van der Waals surface area contributed by atoms with Crippen molar-refractivity contribution in [2.24, 2.45) is 5.10 Å². The molecular weight excluding hydrogens is 319 g/mol. The Bertz CT molecular complexity index is 731. The fraction of sp³-hybridized carbons (Fsp3) is 0.176. The maximum absolute atomic E-state index is 12.0. The first-order valence-electron chi connectivity index (χ1n) is 6.75. The van der Waals surface area contributed by atoms with Gasteiger partial charge < -0.3 is 0 Å². The van der Waals surface area contributed by atoms with Crippen LogP contribution < -0.4 is 5.43 Å². The van der Waals surface area contributed by atoms with Gasteiger partial charge in [0.25, 0.3) is 5.91 Å². The standard InChI is InChI=1S/C17H16Cl2N2O/c1-10-6-11(2)15(12(3)7-10)9-20-21-17(22)14-5-4-13(18)8-16(14)19/h4-9H,1-3H3,(H,21,22)/b20-9+. The Labute approximate surface area is 139 Å². The lowest BCUT2D eigenvalue weighted by Gasteiger charge is -2.07. The molecule has 114 valence electrons. The van der Waals surface area contributed by atoms with Crippen molar-refractivity contribution in [3.05, 3.63) is 68.2 Å². The molecule has 0 saturated heterocycles. The van der Waals surface area contributed by atoms with Crippen molar-refractivity contribution in [3.8, 4) is 0 Å². The smallest absolute Gasteiger partial charge is 0.267 e. The van der Waals surface area contributed by atoms with Crippen LogP contribution in [0.15, 0.2) is 35.4 Å². The van der Waals surface area contributed by atoms with Crippen LogP contribution in [-0.4, -0.2) is 12.1 Å². The summed E-state index contributed by atoms with van der Waals surface area (Å²) >= 11 is 11.8. The highest BCUT2D eigenvalue weighted by Gasteiger charge is 2.09. The Hall–Kier alpha value is -1.84. The quantitative estimate of drug-likeness (QED) is 0.642. The van der Waals surface area contributed by atoms with Crippen molar-refractivity contribution < 1.29 is 4.79 Å². The third-order valence-corrected chi connectivity index (χ3v) is 3.82. The average molecular weight is 335 g/mol. The van der Waals surface area contributed by atoms with Gasteiger partial charge in [-0.2, -0.15) is 5.10 Å². The van der Waals surface area contributed by atoms with Crippen molar-refractivity contribution in [2.75, 3.05) is 0 Å². The van der Waals surface area contributed by atoms with E-state index in [1.807, 2.05) is 20.8 Å². The van der Waals surface area contributed by atoms with Gasteiger partial charge in [-0.3, -0.25) is 4.79 Å². The highest BCUT2D eigenvalue weighted by Crippen LogP contribution is 2.20. The Balaban J connectivity index is 2.14. The van der Waals surface area contributed by atoms with Crippen molar-refractivity contribution >= 4 is 35.3 Å². The second-order valence-electron chi connectivity index (χ2n) is 5.14. The molecule has 2 rings (SSSR count). The van der Waals surface area contributed by atoms with Gasteiger partial charge in [-0.15, -0.1) is 0 Å². The molecule has 1 N–H and O–H groups in total. The molecule has 0 aromatic heterocycles. The van der Waals surface area contributed by atoms with Crippen LogP contribution in [0.3, 0.4) is 0 Å². The van der Waals surface area contributed by atoms with Crippen molar-refractivity contribution in [2.45, 2.75) is 20.8 Å². The summed E-state index contributed by atoms with van der Waals surface area (Å²) in [6, 6.07) is 8.85. The van der Waals surface area contributed by atoms with E-state index < -0.39 is 0 Å². The minimum absolute atomic E-state index is 0.294. The summed E-state index contributed by atoms with van der Waals surface area (Å²) in [6.07, 6.45) is 1.64. The minimum Gasteiger partial charge on any atom is -0.267 e. The molecule has 2 aromatic carbocycles. The van der Waals surface area contributed by atoms with Crippen LogP contribution in [0.2, 0.25) is 10.0 Å². The van der Waals surface area contributed by atoms with E-state index in [4.69, 9.17) is 23.2 Å². The lowest BCUT2D eigenvalue weighted by Crippen LogP contribution is -2.18. The Kier molecular flexibility index (Phi) is 5.22. The number of hydrogen-bond donors (Lipinski definition) is 1. The van der Waals surface area contributed by atoms with Gasteiger partial charge in [-0.1, -0.05) is 40.9 Å². The Morgan fingerprint density at radius 2 is 1.73 bits per heavy atom. The lowest BCUT2D eigenvalue weighted by atomic mass is 10.0. The summed E-state index contributed by atoms with van der Waals surface area (Å²) in [6.45, 7) is 6.07. The third kappa shape index (κ3) is 3.87. The highest BCUT2D eigenvalue weighted by atomic mass is 35.5. The predicted octanol–water partition coefficient (Wildman–Crippen LogP) is 4.68. The number of carbonyl (C=O) groups excluding carboxylic acids is 1. The molecule has 0 spiro atoms. The fourth-order valence-electron chi connectivity index (χ4n) is 2.28. The van der Waals surface area contributed by atoms with Crippen LogP contribution in [-0.2, 0) is 0 Å². The number of amides is 1. The Morgan fingerprint density at radius 1 is 1.09 bits per heavy atom. The molecule has 0 unspecified atom stereocenters. The van der Waals surface area contributed by atoms with Crippen LogP contribution >= 0.6 is 23.2 Å². The number of rotatable bonds is 3. The summed E-state index contributed by atoms with van der Waals surface area (Å²) in [7, 11) is 0. The number of carbonyl (C=O) groups is 1. The second kappa shape index (κ2) is 6.95. The van der Waals surface area contributed by atoms with E-state index >= 15 is 0 Å². The van der Waals surface area contributed by atoms with Crippen LogP contribution in [0, 0.1) is 20.8 Å². The van der Waals surface area contributed by atoms with Crippen molar-refractivity contribution in [1.29, 1.82) is 0 Å². The molecule has 1 amide bonds. The van der Waals surface area contributed by atoms with E-state index in [0.717, 1.165) is 16.7 Å². The van der Waals surface area contributed by atoms with E-state index in [9.17, 15) is 4.79 Å². The molecular formula is C17H16Cl2N2O. The van der Waals surface area contributed by atoms with E-state index in [0.29, 0.717) is 15.6 Å². The van der Waals surface area contributed by atoms with Gasteiger partial charge in [0.2, 0.25) is 0 Å². The SMILES string of the molecule is Cc1cc(C)c(/C=N/NC(=O)c2ccc(Cl)cc2Cl)c(C)c1. The number of aryl methyl sites for hydroxylation is 3. The van der Waals surface area contributed by atoms with Crippen LogP contribution in [0.25, 0.3) is 0 Å². The predicted molar refractivity (Wildman–Crippen MR) is 92.2 cm³/mol. The number of hydrogen-bond acceptors (Lipinski definition) is 2. The zero-order chi connectivity index (χ0) is 16.3. The van der Waals surface area contributed by atoms with Gasteiger partial charge >= 0.3 is 0 Å². The van der Waals surface area contributed by atoms with Crippen LogP contribution in [0.4, 0.5) is 0 Å². The second-order valence-corrected chi connectivity index (χ2v) is 5.98. The summed E-state index contributed by atoms with van der Waals surface area (Å²) < 4.78 is 0. The number of nitrogens with one attached hydrogen (secondary N) is 1. The molecule has 5 heteroatoms. The minimum atomic E-state index is -0.375. The Morgan fingerprint density at radius 3 is 2.32 bits per heavy atom. The van der Waals surface area contributed by atoms with E-state index in [-0.39, 0.29) is 5.91 Å². The van der Waals surface area contributed by atoms with E-state index in [1.54, 1.807) is 18.3 Å². The molecule has 0 radical (unpaired) electrons. The number of halogens is 2. The molecule has 0 atom stereocenters. The van der Waals surface area contributed by atoms with Gasteiger partial charge in [-0.25, -0.2) is 5.43 Å². The van der Waals surface area contributed by atoms with Gasteiger partial charge in [0.05, 0.1) is 16.8 Å². The molecule has 0 aliphatic heterocycles. The summed E-state index contributed by atoms with van der Waals surface area (Å²) in [4.78, 5) is 12.0. The first-order valence-corrected chi connectivity index (χ1v) is 7.50. The molecule has 0 bridgehead atoms. The van der Waals surface area contributed by atoms with Crippen LogP contribution in [0.5, 0.6) is 0 Å². The average Bonchev–Trinajstić information content (AvgIpc) is 2.41. The van der Waals surface area contributed by atoms with Crippen molar-refractivity contribution in [1.82, 2.24) is 5.43 Å². The molecule has 22 heavy (non-hydrogen) atoms. The molecule has 0 saturated carbocycles. The van der Waals surface area contributed by atoms with Gasteiger partial charge in [0, 0.05) is 10.6 Å². The van der Waals surface area contributed by atoms with Crippen molar-refractivity contribution in [3.63, 3.8) is 0 Å². The van der Waals surface area contributed by atoms with E-state index in [2.05, 4.69) is 22.7 Å². The normalized spacial score (nSPS) is 11.0. The van der Waals surface area contributed by atoms with Gasteiger partial charge in [0.15, 0.2) is 0 Å². The zero-order valence-electron chi connectivity index (χ0n) is 12.6. The highest BCUT2D eigenvalue weighted by molar-refractivity contribution is 6.36. The summed E-state index contributed by atoms with van der Waals surface area (Å²) in [5.74, 6) is -0.375. The molecule has 0 aliphatic carbocycles. The largest absolute Gasteiger partial charge is 0.272 e.